The predicted molar refractivity (Wildman–Crippen MR) is 130 cm³/mol. The normalized spacial score (nSPS) is 16.0. The van der Waals surface area contributed by atoms with E-state index in [1.54, 1.807) is 11.8 Å². The van der Waals surface area contributed by atoms with Gasteiger partial charge in [0.15, 0.2) is 0 Å². The van der Waals surface area contributed by atoms with Crippen molar-refractivity contribution in [3.63, 3.8) is 0 Å². The number of allylic oxidation sites excluding steroid dienone is 5. The lowest BCUT2D eigenvalue weighted by molar-refractivity contribution is 1.07. The van der Waals surface area contributed by atoms with E-state index in [0.29, 0.717) is 0 Å². The molecule has 30 heavy (non-hydrogen) atoms. The van der Waals surface area contributed by atoms with Crippen LogP contribution in [0.1, 0.15) is 11.1 Å². The van der Waals surface area contributed by atoms with Gasteiger partial charge in [0.1, 0.15) is 5.03 Å². The first kappa shape index (κ1) is 20.0. The van der Waals surface area contributed by atoms with Crippen LogP contribution in [0.4, 0.5) is 11.4 Å². The molecule has 4 rings (SSSR count). The van der Waals surface area contributed by atoms with Crippen LogP contribution in [0.15, 0.2) is 121 Å². The Hall–Kier alpha value is -3.30. The Kier molecular flexibility index (Phi) is 6.63. The molecular weight excluding hydrogens is 384 g/mol. The minimum Gasteiger partial charge on any atom is -0.337 e. The molecule has 2 heterocycles. The highest BCUT2D eigenvalue weighted by atomic mass is 32.2. The van der Waals surface area contributed by atoms with Gasteiger partial charge in [0.05, 0.1) is 0 Å². The number of nitrogens with zero attached hydrogens (tertiary/aromatic N) is 2. The summed E-state index contributed by atoms with van der Waals surface area (Å²) in [6, 6.07) is 23.3. The fourth-order valence-electron chi connectivity index (χ4n) is 3.45. The fraction of sp³-hybridized carbons (Fsp3) is 0.0741. The third-order valence-electron chi connectivity index (χ3n) is 4.86. The predicted octanol–water partition coefficient (Wildman–Crippen LogP) is 7.21. The van der Waals surface area contributed by atoms with E-state index in [1.165, 1.54) is 16.9 Å². The van der Waals surface area contributed by atoms with E-state index in [2.05, 4.69) is 95.4 Å². The van der Waals surface area contributed by atoms with Crippen molar-refractivity contribution in [2.75, 3.05) is 11.4 Å². The zero-order chi connectivity index (χ0) is 20.6. The number of hydrogen-bond acceptors (Lipinski definition) is 3. The summed E-state index contributed by atoms with van der Waals surface area (Å²) in [6.45, 7) is 4.72. The maximum atomic E-state index is 4.46. The summed E-state index contributed by atoms with van der Waals surface area (Å²) in [6.07, 6.45) is 15.3. The Morgan fingerprint density at radius 3 is 2.70 bits per heavy atom. The molecule has 0 bridgehead atoms. The quantitative estimate of drug-likeness (QED) is 0.328. The van der Waals surface area contributed by atoms with Gasteiger partial charge < -0.3 is 4.90 Å². The molecule has 0 unspecified atom stereocenters. The third-order valence-corrected chi connectivity index (χ3v) is 5.90. The molecule has 1 aliphatic heterocycles. The first-order chi connectivity index (χ1) is 14.8. The number of aromatic nitrogens is 1. The Bertz CT molecular complexity index is 1100. The van der Waals surface area contributed by atoms with Crippen molar-refractivity contribution in [1.29, 1.82) is 0 Å². The Balaban J connectivity index is 1.72. The molecule has 148 valence electrons. The Labute approximate surface area is 183 Å². The van der Waals surface area contributed by atoms with Crippen LogP contribution in [0.3, 0.4) is 0 Å². The van der Waals surface area contributed by atoms with Gasteiger partial charge in [-0.3, -0.25) is 0 Å². The van der Waals surface area contributed by atoms with E-state index in [4.69, 9.17) is 0 Å². The summed E-state index contributed by atoms with van der Waals surface area (Å²) >= 11 is 1.65. The molecule has 1 aliphatic rings. The van der Waals surface area contributed by atoms with E-state index in [-0.39, 0.29) is 0 Å². The van der Waals surface area contributed by atoms with E-state index in [1.807, 2.05) is 30.5 Å². The van der Waals surface area contributed by atoms with Crippen LogP contribution in [0, 0.1) is 0 Å². The van der Waals surface area contributed by atoms with E-state index in [0.717, 1.165) is 28.5 Å². The molecule has 0 saturated carbocycles. The number of fused-ring (bicyclic) bond motifs is 1. The van der Waals surface area contributed by atoms with Crippen molar-refractivity contribution < 1.29 is 0 Å². The summed E-state index contributed by atoms with van der Waals surface area (Å²) in [4.78, 5) is 7.96. The first-order valence-electron chi connectivity index (χ1n) is 10.0. The smallest absolute Gasteiger partial charge is 0.101 e. The number of anilines is 2. The lowest BCUT2D eigenvalue weighted by atomic mass is 10.1. The van der Waals surface area contributed by atoms with Gasteiger partial charge >= 0.3 is 0 Å². The fourth-order valence-corrected chi connectivity index (χ4v) is 4.35. The van der Waals surface area contributed by atoms with Gasteiger partial charge in [-0.05, 0) is 54.0 Å². The minimum absolute atomic E-state index is 0.818. The maximum Gasteiger partial charge on any atom is 0.101 e. The van der Waals surface area contributed by atoms with Crippen molar-refractivity contribution in [1.82, 2.24) is 4.98 Å². The van der Waals surface area contributed by atoms with E-state index >= 15 is 0 Å². The zero-order valence-corrected chi connectivity index (χ0v) is 17.6. The lowest BCUT2D eigenvalue weighted by Gasteiger charge is -2.26. The first-order valence-corrected chi connectivity index (χ1v) is 10.9. The average Bonchev–Trinajstić information content (AvgIpc) is 2.90. The van der Waals surface area contributed by atoms with Crippen LogP contribution >= 0.6 is 11.8 Å². The van der Waals surface area contributed by atoms with Crippen LogP contribution < -0.4 is 4.90 Å². The van der Waals surface area contributed by atoms with Crippen LogP contribution in [-0.2, 0) is 6.42 Å². The molecule has 0 saturated heterocycles. The number of rotatable bonds is 5. The van der Waals surface area contributed by atoms with Gasteiger partial charge in [-0.15, -0.1) is 0 Å². The van der Waals surface area contributed by atoms with Crippen molar-refractivity contribution in [2.24, 2.45) is 0 Å². The molecule has 3 aromatic rings. The summed E-state index contributed by atoms with van der Waals surface area (Å²) < 4.78 is 0. The van der Waals surface area contributed by atoms with Crippen molar-refractivity contribution in [3.05, 3.63) is 127 Å². The average molecular weight is 409 g/mol. The number of para-hydroxylation sites is 1. The van der Waals surface area contributed by atoms with Gasteiger partial charge in [0.25, 0.3) is 0 Å². The number of benzene rings is 2. The van der Waals surface area contributed by atoms with Gasteiger partial charge in [-0.1, -0.05) is 85.1 Å². The second kappa shape index (κ2) is 9.95. The van der Waals surface area contributed by atoms with Crippen LogP contribution in [0.2, 0.25) is 0 Å². The second-order valence-corrected chi connectivity index (χ2v) is 7.95. The molecular formula is C27H24N2S. The third kappa shape index (κ3) is 4.81. The van der Waals surface area contributed by atoms with Crippen molar-refractivity contribution >= 4 is 28.0 Å². The molecule has 0 fully saturated rings. The highest BCUT2D eigenvalue weighted by Crippen LogP contribution is 2.36. The van der Waals surface area contributed by atoms with Crippen molar-refractivity contribution in [2.45, 2.75) is 11.4 Å². The van der Waals surface area contributed by atoms with Gasteiger partial charge in [0.2, 0.25) is 0 Å². The van der Waals surface area contributed by atoms with Crippen LogP contribution in [-0.4, -0.2) is 11.5 Å². The molecule has 1 aromatic heterocycles. The molecule has 0 spiro atoms. The Morgan fingerprint density at radius 2 is 1.83 bits per heavy atom. The maximum absolute atomic E-state index is 4.46. The molecule has 0 atom stereocenters. The summed E-state index contributed by atoms with van der Waals surface area (Å²) in [5.74, 6) is 0. The largest absolute Gasteiger partial charge is 0.337 e. The standard InChI is InChI=1S/C27H24N2S/c1-2-12-26(30-27-18-8-9-19-28-27)23-15-11-16-24(21-23)29-20-10-4-3-5-13-22-14-6-7-17-25(22)29/h2-12,14-19,21H,1,13,20H2/b5-3-,10-4-,26-12-. The number of pyridine rings is 1. The molecule has 0 aliphatic carbocycles. The van der Waals surface area contributed by atoms with Gasteiger partial charge in [0, 0.05) is 29.0 Å². The monoisotopic (exact) mass is 408 g/mol. The molecule has 0 N–H and O–H groups in total. The molecule has 2 nitrogen and oxygen atoms in total. The van der Waals surface area contributed by atoms with E-state index < -0.39 is 0 Å². The molecule has 2 aromatic carbocycles. The van der Waals surface area contributed by atoms with Crippen LogP contribution in [0.25, 0.3) is 4.91 Å². The topological polar surface area (TPSA) is 16.1 Å². The molecule has 0 amide bonds. The minimum atomic E-state index is 0.818. The SMILES string of the molecule is C=C/C=C(\Sc1ccccn1)c1cccc(N2C/C=C\C=C/Cc3ccccc32)c1. The van der Waals surface area contributed by atoms with Gasteiger partial charge in [-0.25, -0.2) is 4.98 Å². The molecule has 0 radical (unpaired) electrons. The summed E-state index contributed by atoms with van der Waals surface area (Å²) in [7, 11) is 0. The van der Waals surface area contributed by atoms with Gasteiger partial charge in [-0.2, -0.15) is 0 Å². The number of thioether (sulfide) groups is 1. The second-order valence-electron chi connectivity index (χ2n) is 6.89. The Morgan fingerprint density at radius 1 is 0.967 bits per heavy atom. The summed E-state index contributed by atoms with van der Waals surface area (Å²) in [5, 5.41) is 0.970. The zero-order valence-electron chi connectivity index (χ0n) is 16.8. The lowest BCUT2D eigenvalue weighted by Crippen LogP contribution is -2.18. The summed E-state index contributed by atoms with van der Waals surface area (Å²) in [5.41, 5.74) is 4.90. The van der Waals surface area contributed by atoms with Crippen molar-refractivity contribution in [3.8, 4) is 0 Å². The number of hydrogen-bond donors (Lipinski definition) is 0. The molecule has 3 heteroatoms. The van der Waals surface area contributed by atoms with Crippen LogP contribution in [0.5, 0.6) is 0 Å². The van der Waals surface area contributed by atoms with E-state index in [9.17, 15) is 0 Å². The highest BCUT2D eigenvalue weighted by molar-refractivity contribution is 8.08. The highest BCUT2D eigenvalue weighted by Gasteiger charge is 2.14.